The summed E-state index contributed by atoms with van der Waals surface area (Å²) in [4.78, 5) is 12.2. The lowest BCUT2D eigenvalue weighted by molar-refractivity contribution is -0.121. The fourth-order valence-corrected chi connectivity index (χ4v) is 3.54. The van der Waals surface area contributed by atoms with Crippen molar-refractivity contribution in [2.75, 3.05) is 6.54 Å². The van der Waals surface area contributed by atoms with Crippen LogP contribution in [0.1, 0.15) is 48.0 Å². The van der Waals surface area contributed by atoms with Gasteiger partial charge in [0.15, 0.2) is 5.76 Å². The Bertz CT molecular complexity index is 979. The second-order valence-corrected chi connectivity index (χ2v) is 7.52. The standard InChI is InChI=1S/C20H26N6O2/c1-13-10-15(3)25(23-13)8-6-19(27)21-7-9-26-20(16-4-5-16)17(12-22-26)18-11-14(2)24-28-18/h10-12,16H,4-9H2,1-3H3,(H,21,27). The largest absolute Gasteiger partial charge is 0.356 e. The van der Waals surface area contributed by atoms with E-state index in [-0.39, 0.29) is 5.91 Å². The van der Waals surface area contributed by atoms with Crippen LogP contribution in [-0.2, 0) is 17.9 Å². The third kappa shape index (κ3) is 4.00. The first-order valence-corrected chi connectivity index (χ1v) is 9.78. The highest BCUT2D eigenvalue weighted by Crippen LogP contribution is 2.44. The van der Waals surface area contributed by atoms with E-state index in [9.17, 15) is 4.79 Å². The number of amides is 1. The zero-order valence-electron chi connectivity index (χ0n) is 16.6. The van der Waals surface area contributed by atoms with Gasteiger partial charge in [-0.15, -0.1) is 0 Å². The molecule has 148 valence electrons. The number of nitrogens with one attached hydrogen (secondary N) is 1. The molecule has 1 aliphatic rings. The summed E-state index contributed by atoms with van der Waals surface area (Å²) >= 11 is 0. The average Bonchev–Trinajstić information content (AvgIpc) is 3.11. The molecule has 8 heteroatoms. The molecule has 28 heavy (non-hydrogen) atoms. The van der Waals surface area contributed by atoms with Crippen LogP contribution in [0.25, 0.3) is 11.3 Å². The van der Waals surface area contributed by atoms with Crippen molar-refractivity contribution < 1.29 is 9.32 Å². The van der Waals surface area contributed by atoms with E-state index in [0.717, 1.165) is 28.4 Å². The number of carbonyl (C=O) groups excluding carboxylic acids is 1. The summed E-state index contributed by atoms with van der Waals surface area (Å²) in [7, 11) is 0. The van der Waals surface area contributed by atoms with Crippen molar-refractivity contribution in [3.63, 3.8) is 0 Å². The second kappa shape index (κ2) is 7.61. The minimum atomic E-state index is 0.0266. The molecule has 4 rings (SSSR count). The maximum Gasteiger partial charge on any atom is 0.221 e. The Morgan fingerprint density at radius 2 is 2.00 bits per heavy atom. The van der Waals surface area contributed by atoms with Gasteiger partial charge in [-0.05, 0) is 39.7 Å². The molecule has 3 aromatic heterocycles. The summed E-state index contributed by atoms with van der Waals surface area (Å²) in [5.41, 5.74) is 5.11. The molecule has 0 aromatic carbocycles. The van der Waals surface area contributed by atoms with Crippen molar-refractivity contribution in [1.82, 2.24) is 30.0 Å². The average molecular weight is 382 g/mol. The lowest BCUT2D eigenvalue weighted by Gasteiger charge is -2.10. The van der Waals surface area contributed by atoms with Gasteiger partial charge in [-0.1, -0.05) is 5.16 Å². The van der Waals surface area contributed by atoms with Gasteiger partial charge in [-0.25, -0.2) is 0 Å². The second-order valence-electron chi connectivity index (χ2n) is 7.52. The van der Waals surface area contributed by atoms with Gasteiger partial charge in [0.25, 0.3) is 0 Å². The number of aryl methyl sites for hydroxylation is 4. The van der Waals surface area contributed by atoms with Gasteiger partial charge in [0.2, 0.25) is 5.91 Å². The zero-order chi connectivity index (χ0) is 19.7. The molecule has 0 radical (unpaired) electrons. The van der Waals surface area contributed by atoms with Crippen LogP contribution in [0.15, 0.2) is 22.9 Å². The molecule has 1 N–H and O–H groups in total. The van der Waals surface area contributed by atoms with E-state index in [0.29, 0.717) is 32.0 Å². The van der Waals surface area contributed by atoms with Crippen molar-refractivity contribution in [3.05, 3.63) is 41.1 Å². The molecule has 0 aliphatic heterocycles. The van der Waals surface area contributed by atoms with Crippen molar-refractivity contribution in [1.29, 1.82) is 0 Å². The van der Waals surface area contributed by atoms with Crippen LogP contribution in [0.3, 0.4) is 0 Å². The first-order valence-electron chi connectivity index (χ1n) is 9.78. The molecule has 1 saturated carbocycles. The molecule has 1 amide bonds. The molecule has 8 nitrogen and oxygen atoms in total. The Morgan fingerprint density at radius 3 is 2.64 bits per heavy atom. The highest BCUT2D eigenvalue weighted by Gasteiger charge is 2.31. The van der Waals surface area contributed by atoms with Gasteiger partial charge in [-0.3, -0.25) is 14.2 Å². The first-order chi connectivity index (χ1) is 13.5. The fraction of sp³-hybridized carbons (Fsp3) is 0.500. The first kappa shape index (κ1) is 18.5. The van der Waals surface area contributed by atoms with Crippen molar-refractivity contribution >= 4 is 5.91 Å². The lowest BCUT2D eigenvalue weighted by atomic mass is 10.1. The van der Waals surface area contributed by atoms with E-state index in [1.807, 2.05) is 48.5 Å². The summed E-state index contributed by atoms with van der Waals surface area (Å²) in [6.45, 7) is 7.66. The topological polar surface area (TPSA) is 90.8 Å². The molecule has 1 fully saturated rings. The van der Waals surface area contributed by atoms with Crippen LogP contribution in [0.2, 0.25) is 0 Å². The molecular weight excluding hydrogens is 356 g/mol. The van der Waals surface area contributed by atoms with Crippen molar-refractivity contribution in [3.8, 4) is 11.3 Å². The van der Waals surface area contributed by atoms with E-state index in [1.54, 1.807) is 0 Å². The number of carbonyl (C=O) groups is 1. The van der Waals surface area contributed by atoms with Gasteiger partial charge in [0.1, 0.15) is 0 Å². The minimum Gasteiger partial charge on any atom is -0.356 e. The monoisotopic (exact) mass is 382 g/mol. The third-order valence-corrected chi connectivity index (χ3v) is 5.04. The predicted octanol–water partition coefficient (Wildman–Crippen LogP) is 2.74. The predicted molar refractivity (Wildman–Crippen MR) is 104 cm³/mol. The summed E-state index contributed by atoms with van der Waals surface area (Å²) in [5.74, 6) is 1.31. The van der Waals surface area contributed by atoms with E-state index in [1.165, 1.54) is 18.5 Å². The van der Waals surface area contributed by atoms with Crippen molar-refractivity contribution in [2.24, 2.45) is 0 Å². The highest BCUT2D eigenvalue weighted by atomic mass is 16.5. The lowest BCUT2D eigenvalue weighted by Crippen LogP contribution is -2.28. The molecule has 3 heterocycles. The zero-order valence-corrected chi connectivity index (χ0v) is 16.6. The Morgan fingerprint density at radius 1 is 1.18 bits per heavy atom. The van der Waals surface area contributed by atoms with E-state index in [4.69, 9.17) is 4.52 Å². The molecule has 3 aromatic rings. The SMILES string of the molecule is Cc1cc(-c2cnn(CCNC(=O)CCn3nc(C)cc3C)c2C2CC2)on1. The van der Waals surface area contributed by atoms with Crippen LogP contribution in [0.4, 0.5) is 0 Å². The maximum atomic E-state index is 12.2. The molecule has 0 unspecified atom stereocenters. The van der Waals surface area contributed by atoms with Crippen LogP contribution in [-0.4, -0.2) is 37.2 Å². The number of rotatable bonds is 8. The smallest absolute Gasteiger partial charge is 0.221 e. The van der Waals surface area contributed by atoms with Gasteiger partial charge in [0, 0.05) is 37.2 Å². The normalized spacial score (nSPS) is 13.8. The summed E-state index contributed by atoms with van der Waals surface area (Å²) in [6.07, 6.45) is 4.60. The quantitative estimate of drug-likeness (QED) is 0.647. The van der Waals surface area contributed by atoms with Crippen LogP contribution >= 0.6 is 0 Å². The van der Waals surface area contributed by atoms with Gasteiger partial charge in [-0.2, -0.15) is 10.2 Å². The van der Waals surface area contributed by atoms with Crippen LogP contribution in [0.5, 0.6) is 0 Å². The molecular formula is C20H26N6O2. The molecule has 0 atom stereocenters. The van der Waals surface area contributed by atoms with E-state index in [2.05, 4.69) is 20.7 Å². The van der Waals surface area contributed by atoms with Gasteiger partial charge in [0.05, 0.1) is 35.4 Å². The Balaban J connectivity index is 1.33. The number of hydrogen-bond donors (Lipinski definition) is 1. The Kier molecular flexibility index (Phi) is 5.02. The molecule has 0 saturated heterocycles. The maximum absolute atomic E-state index is 12.2. The number of nitrogens with zero attached hydrogens (tertiary/aromatic N) is 5. The molecule has 0 bridgehead atoms. The number of hydrogen-bond acceptors (Lipinski definition) is 5. The molecule has 0 spiro atoms. The van der Waals surface area contributed by atoms with Gasteiger partial charge < -0.3 is 9.84 Å². The fourth-order valence-electron chi connectivity index (χ4n) is 3.54. The van der Waals surface area contributed by atoms with Crippen molar-refractivity contribution in [2.45, 2.75) is 59.0 Å². The Labute approximate surface area is 163 Å². The minimum absolute atomic E-state index is 0.0266. The van der Waals surface area contributed by atoms with E-state index >= 15 is 0 Å². The summed E-state index contributed by atoms with van der Waals surface area (Å²) in [5, 5.41) is 15.9. The number of aromatic nitrogens is 5. The van der Waals surface area contributed by atoms with E-state index < -0.39 is 0 Å². The summed E-state index contributed by atoms with van der Waals surface area (Å²) in [6, 6.07) is 3.96. The summed E-state index contributed by atoms with van der Waals surface area (Å²) < 4.78 is 9.30. The Hall–Kier alpha value is -2.90. The van der Waals surface area contributed by atoms with Crippen LogP contribution < -0.4 is 5.32 Å². The van der Waals surface area contributed by atoms with Crippen LogP contribution in [0, 0.1) is 20.8 Å². The third-order valence-electron chi connectivity index (χ3n) is 5.04. The van der Waals surface area contributed by atoms with Gasteiger partial charge >= 0.3 is 0 Å². The molecule has 1 aliphatic carbocycles. The highest BCUT2D eigenvalue weighted by molar-refractivity contribution is 5.75.